The predicted molar refractivity (Wildman–Crippen MR) is 61.6 cm³/mol. The third-order valence-electron chi connectivity index (χ3n) is 1.73. The molecule has 0 aliphatic rings. The lowest BCUT2D eigenvalue weighted by Gasteiger charge is -2.02. The number of benzene rings is 1. The van der Waals surface area contributed by atoms with Crippen molar-refractivity contribution < 1.29 is 48.9 Å². The molecular formula is C9H9O10P. The molecule has 1 aromatic carbocycles. The number of hydrogen-bond acceptors (Lipinski definition) is 4. The van der Waals surface area contributed by atoms with E-state index in [0.717, 1.165) is 18.2 Å². The topological polar surface area (TPSA) is 190 Å². The van der Waals surface area contributed by atoms with Gasteiger partial charge in [0, 0.05) is 0 Å². The van der Waals surface area contributed by atoms with Crippen molar-refractivity contribution in [3.63, 3.8) is 0 Å². The zero-order chi connectivity index (χ0) is 16.1. The minimum absolute atomic E-state index is 0.266. The zero-order valence-corrected chi connectivity index (χ0v) is 10.4. The molecule has 0 saturated heterocycles. The maximum Gasteiger partial charge on any atom is 0.466 e. The van der Waals surface area contributed by atoms with E-state index in [1.54, 1.807) is 0 Å². The summed E-state index contributed by atoms with van der Waals surface area (Å²) >= 11 is 0. The van der Waals surface area contributed by atoms with Gasteiger partial charge in [0.15, 0.2) is 0 Å². The molecule has 0 saturated carbocycles. The van der Waals surface area contributed by atoms with Gasteiger partial charge in [0.1, 0.15) is 0 Å². The molecule has 0 aliphatic heterocycles. The van der Waals surface area contributed by atoms with Crippen LogP contribution in [0.2, 0.25) is 0 Å². The number of carboxylic acids is 3. The molecule has 0 fully saturated rings. The van der Waals surface area contributed by atoms with Crippen molar-refractivity contribution in [1.29, 1.82) is 0 Å². The number of aromatic carboxylic acids is 3. The third-order valence-corrected chi connectivity index (χ3v) is 1.73. The van der Waals surface area contributed by atoms with Gasteiger partial charge in [-0.3, -0.25) is 0 Å². The molecule has 6 N–H and O–H groups in total. The summed E-state index contributed by atoms with van der Waals surface area (Å²) in [4.78, 5) is 53.3. The van der Waals surface area contributed by atoms with E-state index < -0.39 is 36.9 Å². The molecule has 0 heterocycles. The van der Waals surface area contributed by atoms with E-state index in [2.05, 4.69) is 0 Å². The number of rotatable bonds is 3. The van der Waals surface area contributed by atoms with Crippen molar-refractivity contribution in [2.45, 2.75) is 0 Å². The molecule has 10 nitrogen and oxygen atoms in total. The predicted octanol–water partition coefficient (Wildman–Crippen LogP) is -0.147. The monoisotopic (exact) mass is 308 g/mol. The average molecular weight is 308 g/mol. The highest BCUT2D eigenvalue weighted by Gasteiger charge is 2.17. The van der Waals surface area contributed by atoms with E-state index in [1.807, 2.05) is 0 Å². The summed E-state index contributed by atoms with van der Waals surface area (Å²) in [6, 6.07) is 2.81. The van der Waals surface area contributed by atoms with Gasteiger partial charge in [-0.15, -0.1) is 0 Å². The van der Waals surface area contributed by atoms with Crippen LogP contribution in [0.4, 0.5) is 0 Å². The van der Waals surface area contributed by atoms with E-state index in [-0.39, 0.29) is 5.56 Å². The molecule has 0 atom stereocenters. The SMILES string of the molecule is O=C(O)c1ccc(C(=O)O)c(C(=O)O)c1.O=P(O)(O)O. The van der Waals surface area contributed by atoms with Gasteiger partial charge in [-0.1, -0.05) is 0 Å². The van der Waals surface area contributed by atoms with Crippen molar-refractivity contribution in [3.05, 3.63) is 34.9 Å². The molecular weight excluding hydrogens is 299 g/mol. The third kappa shape index (κ3) is 6.61. The molecule has 20 heavy (non-hydrogen) atoms. The van der Waals surface area contributed by atoms with Gasteiger partial charge in [-0.25, -0.2) is 18.9 Å². The molecule has 0 radical (unpaired) electrons. The summed E-state index contributed by atoms with van der Waals surface area (Å²) in [6.45, 7) is 0. The summed E-state index contributed by atoms with van der Waals surface area (Å²) in [5, 5.41) is 25.9. The van der Waals surface area contributed by atoms with Gasteiger partial charge in [0.05, 0.1) is 16.7 Å². The minimum Gasteiger partial charge on any atom is -0.478 e. The van der Waals surface area contributed by atoms with Gasteiger partial charge in [0.25, 0.3) is 0 Å². The lowest BCUT2D eigenvalue weighted by atomic mass is 10.0. The van der Waals surface area contributed by atoms with E-state index in [9.17, 15) is 14.4 Å². The smallest absolute Gasteiger partial charge is 0.466 e. The summed E-state index contributed by atoms with van der Waals surface area (Å²) < 4.78 is 8.88. The largest absolute Gasteiger partial charge is 0.478 e. The molecule has 110 valence electrons. The molecule has 0 aromatic heterocycles. The quantitative estimate of drug-likeness (QED) is 0.409. The fraction of sp³-hybridized carbons (Fsp3) is 0. The Kier molecular flexibility index (Phi) is 6.01. The van der Waals surface area contributed by atoms with Crippen molar-refractivity contribution >= 4 is 25.7 Å². The summed E-state index contributed by atoms with van der Waals surface area (Å²) in [5.74, 6) is -4.20. The number of carboxylic acid groups (broad SMARTS) is 3. The first-order valence-corrected chi connectivity index (χ1v) is 6.12. The second-order valence-electron chi connectivity index (χ2n) is 3.19. The molecule has 0 spiro atoms. The molecule has 0 amide bonds. The van der Waals surface area contributed by atoms with Crippen LogP contribution in [0.1, 0.15) is 31.1 Å². The number of carbonyl (C=O) groups is 3. The molecule has 1 aromatic rings. The highest BCUT2D eigenvalue weighted by atomic mass is 31.2. The van der Waals surface area contributed by atoms with Crippen molar-refractivity contribution in [1.82, 2.24) is 0 Å². The average Bonchev–Trinajstić information content (AvgIpc) is 2.25. The first-order valence-electron chi connectivity index (χ1n) is 4.55. The lowest BCUT2D eigenvalue weighted by Crippen LogP contribution is -2.10. The number of hydrogen-bond donors (Lipinski definition) is 6. The van der Waals surface area contributed by atoms with Gasteiger partial charge in [0.2, 0.25) is 0 Å². The maximum absolute atomic E-state index is 10.6. The van der Waals surface area contributed by atoms with Crippen LogP contribution >= 0.6 is 7.82 Å². The van der Waals surface area contributed by atoms with Crippen molar-refractivity contribution in [2.24, 2.45) is 0 Å². The van der Waals surface area contributed by atoms with Crippen LogP contribution in [0.15, 0.2) is 18.2 Å². The van der Waals surface area contributed by atoms with Gasteiger partial charge in [-0.05, 0) is 18.2 Å². The molecule has 1 rings (SSSR count). The van der Waals surface area contributed by atoms with E-state index in [1.165, 1.54) is 0 Å². The van der Waals surface area contributed by atoms with Gasteiger partial charge >= 0.3 is 25.7 Å². The van der Waals surface area contributed by atoms with Crippen LogP contribution in [0.3, 0.4) is 0 Å². The maximum atomic E-state index is 10.6. The van der Waals surface area contributed by atoms with Crippen LogP contribution in [-0.4, -0.2) is 47.9 Å². The lowest BCUT2D eigenvalue weighted by molar-refractivity contribution is 0.0649. The molecule has 11 heteroatoms. The Hall–Kier alpha value is -2.26. The Balaban J connectivity index is 0.000000621. The van der Waals surface area contributed by atoms with Gasteiger partial charge in [-0.2, -0.15) is 0 Å². The fourth-order valence-corrected chi connectivity index (χ4v) is 1.04. The Morgan fingerprint density at radius 2 is 1.20 bits per heavy atom. The van der Waals surface area contributed by atoms with Crippen molar-refractivity contribution in [3.8, 4) is 0 Å². The van der Waals surface area contributed by atoms with Crippen LogP contribution in [0, 0.1) is 0 Å². The van der Waals surface area contributed by atoms with Crippen LogP contribution < -0.4 is 0 Å². The second-order valence-corrected chi connectivity index (χ2v) is 4.22. The van der Waals surface area contributed by atoms with E-state index >= 15 is 0 Å². The van der Waals surface area contributed by atoms with Crippen LogP contribution in [-0.2, 0) is 4.57 Å². The highest BCUT2D eigenvalue weighted by molar-refractivity contribution is 7.45. The minimum atomic E-state index is -4.64. The van der Waals surface area contributed by atoms with Crippen molar-refractivity contribution in [2.75, 3.05) is 0 Å². The first kappa shape index (κ1) is 17.7. The Bertz CT molecular complexity index is 578. The fourth-order valence-electron chi connectivity index (χ4n) is 1.04. The van der Waals surface area contributed by atoms with Gasteiger partial charge < -0.3 is 30.0 Å². The first-order chi connectivity index (χ1) is 8.93. The molecule has 0 bridgehead atoms. The van der Waals surface area contributed by atoms with Crippen LogP contribution in [0.5, 0.6) is 0 Å². The molecule has 0 unspecified atom stereocenters. The summed E-state index contributed by atoms with van der Waals surface area (Å²) in [5.41, 5.74) is -1.24. The second kappa shape index (κ2) is 6.78. The zero-order valence-electron chi connectivity index (χ0n) is 9.50. The summed E-state index contributed by atoms with van der Waals surface area (Å²) in [7, 11) is -4.64. The normalized spacial score (nSPS) is 10.2. The Labute approximate surface area is 110 Å². The highest BCUT2D eigenvalue weighted by Crippen LogP contribution is 2.25. The Morgan fingerprint density at radius 1 is 0.800 bits per heavy atom. The molecule has 0 aliphatic carbocycles. The summed E-state index contributed by atoms with van der Waals surface area (Å²) in [6.07, 6.45) is 0. The number of phosphoric acid groups is 1. The Morgan fingerprint density at radius 3 is 1.50 bits per heavy atom. The van der Waals surface area contributed by atoms with Crippen LogP contribution in [0.25, 0.3) is 0 Å². The standard InChI is InChI=1S/C9H6O6.H3O4P/c10-7(11)4-1-2-5(8(12)13)6(3-4)9(14)15;1-5(2,3)4/h1-3H,(H,10,11)(H,12,13)(H,14,15);(H3,1,2,3,4). The van der Waals surface area contributed by atoms with E-state index in [4.69, 9.17) is 34.6 Å². The van der Waals surface area contributed by atoms with E-state index in [0.29, 0.717) is 0 Å².